The Morgan fingerprint density at radius 2 is 2.69 bits per heavy atom. The van der Waals surface area contributed by atoms with Crippen LogP contribution in [0.5, 0.6) is 0 Å². The minimum absolute atomic E-state index is 0.199. The standard InChI is InChI=1S/C8H7N3O2/c9-4-3-8(12)11-10-6-7-2-1-5-13-7/h1-2,5-6H,3H2,(H,11,12). The van der Waals surface area contributed by atoms with Crippen LogP contribution in [-0.4, -0.2) is 12.1 Å². The highest BCUT2D eigenvalue weighted by atomic mass is 16.3. The normalized spacial score (nSPS) is 9.77. The Hall–Kier alpha value is -2.09. The molecule has 1 heterocycles. The molecule has 0 saturated carbocycles. The van der Waals surface area contributed by atoms with Crippen LogP contribution in [0.15, 0.2) is 27.9 Å². The molecule has 0 fully saturated rings. The van der Waals surface area contributed by atoms with E-state index in [9.17, 15) is 4.79 Å². The minimum atomic E-state index is -0.440. The summed E-state index contributed by atoms with van der Waals surface area (Å²) in [6.45, 7) is 0. The lowest BCUT2D eigenvalue weighted by Crippen LogP contribution is -2.15. The second-order valence-corrected chi connectivity index (χ2v) is 2.14. The third kappa shape index (κ3) is 3.20. The summed E-state index contributed by atoms with van der Waals surface area (Å²) in [6, 6.07) is 5.10. The maximum absolute atomic E-state index is 10.7. The van der Waals surface area contributed by atoms with E-state index in [0.29, 0.717) is 5.76 Å². The van der Waals surface area contributed by atoms with Crippen molar-refractivity contribution in [2.75, 3.05) is 0 Å². The zero-order valence-corrected chi connectivity index (χ0v) is 6.73. The van der Waals surface area contributed by atoms with E-state index in [1.54, 1.807) is 18.2 Å². The van der Waals surface area contributed by atoms with Gasteiger partial charge in [0, 0.05) is 0 Å². The van der Waals surface area contributed by atoms with Crippen LogP contribution in [0.1, 0.15) is 12.2 Å². The van der Waals surface area contributed by atoms with Gasteiger partial charge in [-0.25, -0.2) is 5.43 Å². The van der Waals surface area contributed by atoms with Crippen LogP contribution in [0.3, 0.4) is 0 Å². The summed E-state index contributed by atoms with van der Waals surface area (Å²) in [5.41, 5.74) is 2.17. The van der Waals surface area contributed by atoms with Gasteiger partial charge in [0.25, 0.3) is 5.91 Å². The van der Waals surface area contributed by atoms with Gasteiger partial charge < -0.3 is 4.42 Å². The van der Waals surface area contributed by atoms with Crippen molar-refractivity contribution in [3.63, 3.8) is 0 Å². The Morgan fingerprint density at radius 1 is 1.85 bits per heavy atom. The van der Waals surface area contributed by atoms with Crippen molar-refractivity contribution in [1.29, 1.82) is 5.26 Å². The Kier molecular flexibility index (Phi) is 3.27. The van der Waals surface area contributed by atoms with Crippen molar-refractivity contribution in [3.8, 4) is 6.07 Å². The topological polar surface area (TPSA) is 78.4 Å². The summed E-state index contributed by atoms with van der Waals surface area (Å²) in [5.74, 6) is 0.0996. The SMILES string of the molecule is N#CCC(=O)NN=Cc1ccco1. The summed E-state index contributed by atoms with van der Waals surface area (Å²) < 4.78 is 4.91. The van der Waals surface area contributed by atoms with Crippen LogP contribution in [0, 0.1) is 11.3 Å². The minimum Gasteiger partial charge on any atom is -0.463 e. The maximum Gasteiger partial charge on any atom is 0.254 e. The molecule has 1 aromatic rings. The second kappa shape index (κ2) is 4.72. The highest BCUT2D eigenvalue weighted by Crippen LogP contribution is 1.94. The predicted molar refractivity (Wildman–Crippen MR) is 44.7 cm³/mol. The van der Waals surface area contributed by atoms with Gasteiger partial charge in [-0.2, -0.15) is 10.4 Å². The summed E-state index contributed by atoms with van der Waals surface area (Å²) >= 11 is 0. The molecule has 0 unspecified atom stereocenters. The van der Waals surface area contributed by atoms with Crippen molar-refractivity contribution in [2.24, 2.45) is 5.10 Å². The maximum atomic E-state index is 10.7. The van der Waals surface area contributed by atoms with E-state index < -0.39 is 5.91 Å². The first-order chi connectivity index (χ1) is 6.33. The molecule has 0 atom stereocenters. The molecule has 0 bridgehead atoms. The molecular weight excluding hydrogens is 170 g/mol. The Morgan fingerprint density at radius 3 is 3.31 bits per heavy atom. The average Bonchev–Trinajstić information content (AvgIpc) is 2.57. The van der Waals surface area contributed by atoms with Crippen LogP contribution in [-0.2, 0) is 4.79 Å². The number of hydrazone groups is 1. The van der Waals surface area contributed by atoms with Gasteiger partial charge >= 0.3 is 0 Å². The molecule has 0 aliphatic carbocycles. The van der Waals surface area contributed by atoms with Gasteiger partial charge in [-0.1, -0.05) is 0 Å². The molecule has 5 nitrogen and oxygen atoms in total. The largest absolute Gasteiger partial charge is 0.463 e. The monoisotopic (exact) mass is 177 g/mol. The van der Waals surface area contributed by atoms with Gasteiger partial charge in [-0.05, 0) is 12.1 Å². The summed E-state index contributed by atoms with van der Waals surface area (Å²) in [7, 11) is 0. The van der Waals surface area contributed by atoms with Gasteiger partial charge in [-0.3, -0.25) is 4.79 Å². The van der Waals surface area contributed by atoms with Gasteiger partial charge in [0.05, 0.1) is 18.5 Å². The number of hydrogen-bond donors (Lipinski definition) is 1. The Bertz CT molecular complexity index is 335. The molecule has 1 N–H and O–H groups in total. The zero-order valence-electron chi connectivity index (χ0n) is 6.73. The Labute approximate surface area is 74.7 Å². The molecule has 1 rings (SSSR count). The lowest BCUT2D eigenvalue weighted by Gasteiger charge is -1.90. The van der Waals surface area contributed by atoms with E-state index in [0.717, 1.165) is 0 Å². The number of nitriles is 1. The molecule has 0 aromatic carbocycles. The van der Waals surface area contributed by atoms with E-state index in [2.05, 4.69) is 10.5 Å². The third-order valence-electron chi connectivity index (χ3n) is 1.16. The molecule has 0 aliphatic rings. The number of nitrogens with zero attached hydrogens (tertiary/aromatic N) is 2. The molecular formula is C8H7N3O2. The first-order valence-electron chi connectivity index (χ1n) is 3.55. The third-order valence-corrected chi connectivity index (χ3v) is 1.16. The van der Waals surface area contributed by atoms with Gasteiger partial charge in [-0.15, -0.1) is 0 Å². The highest BCUT2D eigenvalue weighted by Gasteiger charge is 1.95. The second-order valence-electron chi connectivity index (χ2n) is 2.14. The van der Waals surface area contributed by atoms with Gasteiger partial charge in [0.15, 0.2) is 0 Å². The molecule has 1 aromatic heterocycles. The van der Waals surface area contributed by atoms with Crippen molar-refractivity contribution < 1.29 is 9.21 Å². The number of hydrogen-bond acceptors (Lipinski definition) is 4. The fourth-order valence-electron chi connectivity index (χ4n) is 0.644. The lowest BCUT2D eigenvalue weighted by molar-refractivity contribution is -0.120. The molecule has 1 amide bonds. The van der Waals surface area contributed by atoms with Gasteiger partial charge in [0.1, 0.15) is 12.2 Å². The average molecular weight is 177 g/mol. The van der Waals surface area contributed by atoms with Crippen LogP contribution < -0.4 is 5.43 Å². The highest BCUT2D eigenvalue weighted by molar-refractivity contribution is 5.81. The quantitative estimate of drug-likeness (QED) is 0.543. The molecule has 0 radical (unpaired) electrons. The molecule has 13 heavy (non-hydrogen) atoms. The van der Waals surface area contributed by atoms with E-state index >= 15 is 0 Å². The van der Waals surface area contributed by atoms with E-state index in [1.807, 2.05) is 0 Å². The van der Waals surface area contributed by atoms with E-state index in [-0.39, 0.29) is 6.42 Å². The predicted octanol–water partition coefficient (Wildman–Crippen LogP) is 0.643. The molecule has 5 heteroatoms. The van der Waals surface area contributed by atoms with E-state index in [4.69, 9.17) is 9.68 Å². The van der Waals surface area contributed by atoms with Gasteiger partial charge in [0.2, 0.25) is 0 Å². The van der Waals surface area contributed by atoms with Crippen molar-refractivity contribution in [3.05, 3.63) is 24.2 Å². The van der Waals surface area contributed by atoms with Crippen LogP contribution >= 0.6 is 0 Å². The van der Waals surface area contributed by atoms with Crippen molar-refractivity contribution in [2.45, 2.75) is 6.42 Å². The smallest absolute Gasteiger partial charge is 0.254 e. The number of carbonyl (C=O) groups is 1. The summed E-state index contributed by atoms with van der Waals surface area (Å²) in [4.78, 5) is 10.7. The molecule has 66 valence electrons. The summed E-state index contributed by atoms with van der Waals surface area (Å²) in [5, 5.41) is 11.7. The number of furan rings is 1. The van der Waals surface area contributed by atoms with Crippen LogP contribution in [0.4, 0.5) is 0 Å². The first kappa shape index (κ1) is 9.00. The summed E-state index contributed by atoms with van der Waals surface area (Å²) in [6.07, 6.45) is 2.66. The fraction of sp³-hybridized carbons (Fsp3) is 0.125. The Balaban J connectivity index is 2.35. The molecule has 0 spiro atoms. The first-order valence-corrected chi connectivity index (χ1v) is 3.55. The molecule has 0 aliphatic heterocycles. The van der Waals surface area contributed by atoms with Crippen LogP contribution in [0.25, 0.3) is 0 Å². The number of amides is 1. The van der Waals surface area contributed by atoms with Crippen molar-refractivity contribution >= 4 is 12.1 Å². The van der Waals surface area contributed by atoms with Crippen LogP contribution in [0.2, 0.25) is 0 Å². The lowest BCUT2D eigenvalue weighted by atomic mass is 10.5. The fourth-order valence-corrected chi connectivity index (χ4v) is 0.644. The van der Waals surface area contributed by atoms with Crippen molar-refractivity contribution in [1.82, 2.24) is 5.43 Å². The number of nitrogens with one attached hydrogen (secondary N) is 1. The molecule has 0 saturated heterocycles. The number of carbonyl (C=O) groups excluding carboxylic acids is 1. The zero-order chi connectivity index (χ0) is 9.52. The number of rotatable bonds is 3. The van der Waals surface area contributed by atoms with E-state index in [1.165, 1.54) is 12.5 Å².